The molecule has 0 spiro atoms. The van der Waals surface area contributed by atoms with Crippen LogP contribution in [0, 0.1) is 3.57 Å². The Labute approximate surface area is 152 Å². The Morgan fingerprint density at radius 1 is 1.04 bits per heavy atom. The minimum atomic E-state index is -4.87. The van der Waals surface area contributed by atoms with E-state index in [1.165, 1.54) is 12.1 Å². The number of anilines is 1. The highest BCUT2D eigenvalue weighted by atomic mass is 127. The molecule has 1 aliphatic rings. The van der Waals surface area contributed by atoms with E-state index in [-0.39, 0.29) is 25.4 Å². The first-order valence-corrected chi connectivity index (χ1v) is 7.87. The Morgan fingerprint density at radius 3 is 2.04 bits per heavy atom. The second-order valence-corrected chi connectivity index (χ2v) is 6.34. The molecule has 0 unspecified atom stereocenters. The molecule has 9 heteroatoms. The first-order valence-electron chi connectivity index (χ1n) is 6.41. The molecule has 0 N–H and O–H groups in total. The first kappa shape index (κ1) is 17.0. The molecule has 4 nitrogen and oxygen atoms in total. The molecule has 3 rings (SSSR count). The van der Waals surface area contributed by atoms with Crippen LogP contribution in [0.1, 0.15) is 20.7 Å². The lowest BCUT2D eigenvalue weighted by Crippen LogP contribution is -2.30. The van der Waals surface area contributed by atoms with E-state index in [1.54, 1.807) is 34.7 Å². The van der Waals surface area contributed by atoms with Crippen LogP contribution in [-0.2, 0) is 0 Å². The predicted octanol–water partition coefficient (Wildman–Crippen LogP) is 4.64. The molecule has 1 aliphatic heterocycles. The smallest absolute Gasteiger partial charge is 0.406 e. The van der Waals surface area contributed by atoms with E-state index in [9.17, 15) is 22.8 Å². The third kappa shape index (κ3) is 2.95. The van der Waals surface area contributed by atoms with Gasteiger partial charge in [0.15, 0.2) is 0 Å². The summed E-state index contributed by atoms with van der Waals surface area (Å²) in [6.45, 7) is 0. The van der Waals surface area contributed by atoms with Crippen LogP contribution in [0.2, 0.25) is 5.02 Å². The van der Waals surface area contributed by atoms with Crippen LogP contribution < -0.4 is 9.64 Å². The first-order chi connectivity index (χ1) is 11.2. The van der Waals surface area contributed by atoms with Gasteiger partial charge in [-0.05, 0) is 40.8 Å². The van der Waals surface area contributed by atoms with Gasteiger partial charge >= 0.3 is 6.36 Å². The van der Waals surface area contributed by atoms with Crippen molar-refractivity contribution < 1.29 is 27.5 Å². The molecule has 2 amide bonds. The van der Waals surface area contributed by atoms with E-state index in [0.29, 0.717) is 0 Å². The number of rotatable bonds is 2. The molecule has 0 bridgehead atoms. The van der Waals surface area contributed by atoms with Gasteiger partial charge < -0.3 is 4.74 Å². The molecule has 2 aromatic carbocycles. The lowest BCUT2D eigenvalue weighted by molar-refractivity contribution is -0.274. The molecule has 0 saturated carbocycles. The van der Waals surface area contributed by atoms with Gasteiger partial charge in [0.25, 0.3) is 11.8 Å². The maximum Gasteiger partial charge on any atom is 0.573 e. The average molecular weight is 468 g/mol. The maximum absolute atomic E-state index is 12.5. The number of carbonyl (C=O) groups is 2. The van der Waals surface area contributed by atoms with Gasteiger partial charge in [0.1, 0.15) is 5.75 Å². The largest absolute Gasteiger partial charge is 0.573 e. The summed E-state index contributed by atoms with van der Waals surface area (Å²) < 4.78 is 41.0. The SMILES string of the molecule is O=C1c2ccccc2C(=O)N1c1c(Cl)cc(OC(F)(F)F)cc1I. The van der Waals surface area contributed by atoms with Gasteiger partial charge in [-0.1, -0.05) is 23.7 Å². The number of hydrogen-bond acceptors (Lipinski definition) is 3. The quantitative estimate of drug-likeness (QED) is 0.477. The number of nitrogens with zero attached hydrogens (tertiary/aromatic N) is 1. The van der Waals surface area contributed by atoms with Crippen molar-refractivity contribution in [1.82, 2.24) is 0 Å². The highest BCUT2D eigenvalue weighted by Gasteiger charge is 2.39. The number of alkyl halides is 3. The van der Waals surface area contributed by atoms with Crippen LogP contribution in [0.4, 0.5) is 18.9 Å². The lowest BCUT2D eigenvalue weighted by Gasteiger charge is -2.19. The molecule has 1 heterocycles. The van der Waals surface area contributed by atoms with Crippen molar-refractivity contribution in [2.45, 2.75) is 6.36 Å². The molecular formula is C15H6ClF3INO3. The number of halogens is 5. The van der Waals surface area contributed by atoms with Crippen LogP contribution in [-0.4, -0.2) is 18.2 Å². The number of fused-ring (bicyclic) bond motifs is 1. The number of amides is 2. The zero-order chi connectivity index (χ0) is 17.6. The number of carbonyl (C=O) groups excluding carboxylic acids is 2. The standard InChI is InChI=1S/C15H6ClF3INO3/c16-10-5-7(24-15(17,18)19)6-11(20)12(10)21-13(22)8-3-1-2-4-9(8)14(21)23/h1-6H. The fourth-order valence-electron chi connectivity index (χ4n) is 2.34. The molecule has 0 aromatic heterocycles. The molecule has 0 aliphatic carbocycles. The van der Waals surface area contributed by atoms with Crippen molar-refractivity contribution in [2.75, 3.05) is 4.90 Å². The summed E-state index contributed by atoms with van der Waals surface area (Å²) in [7, 11) is 0. The Morgan fingerprint density at radius 2 is 1.58 bits per heavy atom. The fraction of sp³-hybridized carbons (Fsp3) is 0.0667. The van der Waals surface area contributed by atoms with Crippen LogP contribution in [0.5, 0.6) is 5.75 Å². The minimum Gasteiger partial charge on any atom is -0.406 e. The zero-order valence-electron chi connectivity index (χ0n) is 11.5. The summed E-state index contributed by atoms with van der Waals surface area (Å²) in [4.78, 5) is 25.8. The monoisotopic (exact) mass is 467 g/mol. The Bertz CT molecular complexity index is 811. The van der Waals surface area contributed by atoms with Crippen molar-refractivity contribution in [1.29, 1.82) is 0 Å². The van der Waals surface area contributed by atoms with Crippen LogP contribution in [0.25, 0.3) is 0 Å². The predicted molar refractivity (Wildman–Crippen MR) is 88.4 cm³/mol. The highest BCUT2D eigenvalue weighted by molar-refractivity contribution is 14.1. The lowest BCUT2D eigenvalue weighted by atomic mass is 10.1. The maximum atomic E-state index is 12.5. The van der Waals surface area contributed by atoms with Gasteiger partial charge in [0.05, 0.1) is 21.8 Å². The summed E-state index contributed by atoms with van der Waals surface area (Å²) >= 11 is 7.71. The third-order valence-electron chi connectivity index (χ3n) is 3.24. The molecule has 24 heavy (non-hydrogen) atoms. The van der Waals surface area contributed by atoms with Crippen molar-refractivity contribution >= 4 is 51.7 Å². The molecule has 2 aromatic rings. The summed E-state index contributed by atoms with van der Waals surface area (Å²) in [6, 6.07) is 8.19. The van der Waals surface area contributed by atoms with Crippen molar-refractivity contribution in [3.63, 3.8) is 0 Å². The molecular weight excluding hydrogens is 462 g/mol. The molecule has 0 saturated heterocycles. The van der Waals surface area contributed by atoms with Gasteiger partial charge in [-0.15, -0.1) is 13.2 Å². The summed E-state index contributed by atoms with van der Waals surface area (Å²) in [5.41, 5.74) is 0.452. The normalized spacial score (nSPS) is 14.1. The summed E-state index contributed by atoms with van der Waals surface area (Å²) in [5, 5.41) is -0.198. The van der Waals surface area contributed by atoms with Gasteiger partial charge in [-0.2, -0.15) is 0 Å². The van der Waals surface area contributed by atoms with Gasteiger partial charge in [-0.25, -0.2) is 4.90 Å². The van der Waals surface area contributed by atoms with Gasteiger partial charge in [0, 0.05) is 9.64 Å². The topological polar surface area (TPSA) is 46.6 Å². The summed E-state index contributed by atoms with van der Waals surface area (Å²) in [5.74, 6) is -1.70. The van der Waals surface area contributed by atoms with E-state index in [0.717, 1.165) is 17.0 Å². The van der Waals surface area contributed by atoms with E-state index in [1.807, 2.05) is 0 Å². The number of ether oxygens (including phenoxy) is 1. The highest BCUT2D eigenvalue weighted by Crippen LogP contribution is 2.40. The second-order valence-electron chi connectivity index (χ2n) is 4.77. The summed E-state index contributed by atoms with van der Waals surface area (Å²) in [6.07, 6.45) is -4.87. The minimum absolute atomic E-state index is 0.0259. The number of imide groups is 1. The second kappa shape index (κ2) is 5.92. The van der Waals surface area contributed by atoms with Crippen LogP contribution in [0.15, 0.2) is 36.4 Å². The molecule has 0 fully saturated rings. The Kier molecular flexibility index (Phi) is 4.20. The Balaban J connectivity index is 2.05. The molecule has 0 radical (unpaired) electrons. The van der Waals surface area contributed by atoms with E-state index >= 15 is 0 Å². The van der Waals surface area contributed by atoms with E-state index < -0.39 is 23.9 Å². The van der Waals surface area contributed by atoms with Crippen molar-refractivity contribution in [3.05, 3.63) is 56.1 Å². The van der Waals surface area contributed by atoms with Crippen molar-refractivity contribution in [3.8, 4) is 5.75 Å². The third-order valence-corrected chi connectivity index (χ3v) is 4.35. The van der Waals surface area contributed by atoms with Crippen LogP contribution in [0.3, 0.4) is 0 Å². The average Bonchev–Trinajstić information content (AvgIpc) is 2.71. The van der Waals surface area contributed by atoms with Gasteiger partial charge in [-0.3, -0.25) is 9.59 Å². The van der Waals surface area contributed by atoms with Crippen LogP contribution >= 0.6 is 34.2 Å². The Hall–Kier alpha value is -1.81. The van der Waals surface area contributed by atoms with E-state index in [2.05, 4.69) is 4.74 Å². The van der Waals surface area contributed by atoms with Crippen molar-refractivity contribution in [2.24, 2.45) is 0 Å². The van der Waals surface area contributed by atoms with E-state index in [4.69, 9.17) is 11.6 Å². The number of hydrogen-bond donors (Lipinski definition) is 0. The van der Waals surface area contributed by atoms with Gasteiger partial charge in [0.2, 0.25) is 0 Å². The fourth-order valence-corrected chi connectivity index (χ4v) is 3.63. The zero-order valence-corrected chi connectivity index (χ0v) is 14.4. The molecule has 124 valence electrons. The molecule has 0 atom stereocenters. The number of benzene rings is 2.